The molecule has 0 saturated carbocycles. The van der Waals surface area contributed by atoms with Crippen molar-refractivity contribution in [2.24, 2.45) is 0 Å². The van der Waals surface area contributed by atoms with Crippen molar-refractivity contribution in [3.05, 3.63) is 59.7 Å². The quantitative estimate of drug-likeness (QED) is 0.907. The van der Waals surface area contributed by atoms with E-state index >= 15 is 0 Å². The molecule has 0 aromatic heterocycles. The van der Waals surface area contributed by atoms with Gasteiger partial charge in [-0.05, 0) is 36.4 Å². The highest BCUT2D eigenvalue weighted by atomic mass is 19.1. The molecular weight excluding hydrogens is 290 g/mol. The molecule has 2 aromatic carbocycles. The Morgan fingerprint density at radius 3 is 2.27 bits per heavy atom. The van der Waals surface area contributed by atoms with Crippen LogP contribution in [0.1, 0.15) is 23.7 Å². The largest absolute Gasteiger partial charge is 0.326 e. The third-order valence-electron chi connectivity index (χ3n) is 2.93. The van der Waals surface area contributed by atoms with Gasteiger partial charge < -0.3 is 10.6 Å². The normalized spacial score (nSPS) is 10.1. The molecule has 0 radical (unpaired) electrons. The average molecular weight is 304 g/mol. The van der Waals surface area contributed by atoms with Crippen molar-refractivity contribution in [1.82, 2.24) is 0 Å². The van der Waals surface area contributed by atoms with Crippen LogP contribution in [0.2, 0.25) is 0 Å². The lowest BCUT2D eigenvalue weighted by molar-refractivity contribution is -0.115. The molecule has 0 spiro atoms. The molecule has 2 amide bonds. The van der Waals surface area contributed by atoms with Crippen molar-refractivity contribution < 1.29 is 18.4 Å². The van der Waals surface area contributed by atoms with E-state index in [0.29, 0.717) is 23.7 Å². The summed E-state index contributed by atoms with van der Waals surface area (Å²) >= 11 is 0. The Bertz CT molecular complexity index is 700. The Balaban J connectivity index is 2.08. The first-order valence-corrected chi connectivity index (χ1v) is 6.66. The van der Waals surface area contributed by atoms with Gasteiger partial charge in [-0.3, -0.25) is 9.59 Å². The van der Waals surface area contributed by atoms with Crippen LogP contribution < -0.4 is 10.6 Å². The second-order valence-electron chi connectivity index (χ2n) is 4.56. The maximum atomic E-state index is 13.5. The average Bonchev–Trinajstić information content (AvgIpc) is 2.50. The summed E-state index contributed by atoms with van der Waals surface area (Å²) in [4.78, 5) is 23.2. The third-order valence-corrected chi connectivity index (χ3v) is 2.93. The smallest absolute Gasteiger partial charge is 0.255 e. The molecule has 0 heterocycles. The van der Waals surface area contributed by atoms with E-state index in [-0.39, 0.29) is 11.6 Å². The first-order chi connectivity index (χ1) is 10.5. The number of amides is 2. The van der Waals surface area contributed by atoms with Crippen LogP contribution in [0.3, 0.4) is 0 Å². The summed E-state index contributed by atoms with van der Waals surface area (Å²) in [6, 6.07) is 9.05. The predicted molar refractivity (Wildman–Crippen MR) is 79.7 cm³/mol. The van der Waals surface area contributed by atoms with Gasteiger partial charge in [0, 0.05) is 23.7 Å². The van der Waals surface area contributed by atoms with Crippen LogP contribution >= 0.6 is 0 Å². The molecule has 0 atom stereocenters. The van der Waals surface area contributed by atoms with Crippen LogP contribution in [0, 0.1) is 11.6 Å². The Labute approximate surface area is 126 Å². The summed E-state index contributed by atoms with van der Waals surface area (Å²) in [7, 11) is 0. The lowest BCUT2D eigenvalue weighted by atomic mass is 10.2. The van der Waals surface area contributed by atoms with Crippen molar-refractivity contribution in [3.8, 4) is 0 Å². The minimum Gasteiger partial charge on any atom is -0.326 e. The van der Waals surface area contributed by atoms with Crippen molar-refractivity contribution in [2.75, 3.05) is 10.6 Å². The number of nitrogens with one attached hydrogen (secondary N) is 2. The lowest BCUT2D eigenvalue weighted by Crippen LogP contribution is -2.13. The van der Waals surface area contributed by atoms with Gasteiger partial charge in [-0.2, -0.15) is 0 Å². The Kier molecular flexibility index (Phi) is 4.83. The van der Waals surface area contributed by atoms with Crippen LogP contribution in [-0.4, -0.2) is 11.8 Å². The molecule has 2 aromatic rings. The molecule has 0 aliphatic heterocycles. The molecule has 0 saturated heterocycles. The maximum absolute atomic E-state index is 13.5. The van der Waals surface area contributed by atoms with Gasteiger partial charge in [-0.25, -0.2) is 8.78 Å². The van der Waals surface area contributed by atoms with E-state index in [1.54, 1.807) is 19.1 Å². The van der Waals surface area contributed by atoms with E-state index < -0.39 is 17.5 Å². The van der Waals surface area contributed by atoms with E-state index in [1.807, 2.05) is 0 Å². The second kappa shape index (κ2) is 6.80. The molecule has 6 heteroatoms. The fourth-order valence-electron chi connectivity index (χ4n) is 1.74. The van der Waals surface area contributed by atoms with Crippen LogP contribution in [0.15, 0.2) is 42.5 Å². The van der Waals surface area contributed by atoms with Crippen molar-refractivity contribution in [2.45, 2.75) is 13.3 Å². The number of carbonyl (C=O) groups excluding carboxylic acids is 2. The number of hydrogen-bond donors (Lipinski definition) is 2. The van der Waals surface area contributed by atoms with Gasteiger partial charge in [0.25, 0.3) is 5.91 Å². The van der Waals surface area contributed by atoms with Gasteiger partial charge in [-0.1, -0.05) is 6.92 Å². The van der Waals surface area contributed by atoms with E-state index in [4.69, 9.17) is 0 Å². The molecule has 0 aliphatic carbocycles. The first-order valence-electron chi connectivity index (χ1n) is 6.66. The van der Waals surface area contributed by atoms with E-state index in [0.717, 1.165) is 12.1 Å². The highest BCUT2D eigenvalue weighted by molar-refractivity contribution is 6.04. The molecule has 0 aliphatic rings. The Morgan fingerprint density at radius 1 is 1.00 bits per heavy atom. The Hall–Kier alpha value is -2.76. The number of hydrogen-bond acceptors (Lipinski definition) is 2. The molecular formula is C16H14F2N2O2. The Morgan fingerprint density at radius 2 is 1.68 bits per heavy atom. The summed E-state index contributed by atoms with van der Waals surface area (Å²) in [5, 5.41) is 5.01. The standard InChI is InChI=1S/C16H14F2N2O2/c1-2-15(21)19-12-6-3-10(4-7-12)16(22)20-14-8-5-11(17)9-13(14)18/h3-9H,2H2,1H3,(H,19,21)(H,20,22). The molecule has 4 nitrogen and oxygen atoms in total. The molecule has 0 bridgehead atoms. The van der Waals surface area contributed by atoms with Crippen molar-refractivity contribution in [3.63, 3.8) is 0 Å². The zero-order chi connectivity index (χ0) is 16.1. The number of benzene rings is 2. The lowest BCUT2D eigenvalue weighted by Gasteiger charge is -2.08. The fourth-order valence-corrected chi connectivity index (χ4v) is 1.74. The zero-order valence-corrected chi connectivity index (χ0v) is 11.8. The van der Waals surface area contributed by atoms with Gasteiger partial charge in [0.1, 0.15) is 11.6 Å². The molecule has 114 valence electrons. The topological polar surface area (TPSA) is 58.2 Å². The minimum absolute atomic E-state index is 0.102. The highest BCUT2D eigenvalue weighted by Crippen LogP contribution is 2.17. The third kappa shape index (κ3) is 3.88. The molecule has 2 N–H and O–H groups in total. The van der Waals surface area contributed by atoms with Crippen molar-refractivity contribution >= 4 is 23.2 Å². The SMILES string of the molecule is CCC(=O)Nc1ccc(C(=O)Nc2ccc(F)cc2F)cc1. The summed E-state index contributed by atoms with van der Waals surface area (Å²) in [6.45, 7) is 1.73. The van der Waals surface area contributed by atoms with Crippen LogP contribution in [0.25, 0.3) is 0 Å². The van der Waals surface area contributed by atoms with Gasteiger partial charge in [0.05, 0.1) is 5.69 Å². The monoisotopic (exact) mass is 304 g/mol. The maximum Gasteiger partial charge on any atom is 0.255 e. The number of carbonyl (C=O) groups is 2. The molecule has 0 unspecified atom stereocenters. The van der Waals surface area contributed by atoms with E-state index in [2.05, 4.69) is 10.6 Å². The molecule has 22 heavy (non-hydrogen) atoms. The summed E-state index contributed by atoms with van der Waals surface area (Å²) in [5.41, 5.74) is 0.754. The van der Waals surface area contributed by atoms with Gasteiger partial charge >= 0.3 is 0 Å². The predicted octanol–water partition coefficient (Wildman–Crippen LogP) is 3.57. The second-order valence-corrected chi connectivity index (χ2v) is 4.56. The van der Waals surface area contributed by atoms with Crippen LogP contribution in [0.4, 0.5) is 20.2 Å². The first kappa shape index (κ1) is 15.6. The number of anilines is 2. The summed E-state index contributed by atoms with van der Waals surface area (Å²) in [5.74, 6) is -2.23. The summed E-state index contributed by atoms with van der Waals surface area (Å²) < 4.78 is 26.3. The summed E-state index contributed by atoms with van der Waals surface area (Å²) in [6.07, 6.45) is 0.353. The molecule has 2 rings (SSSR count). The van der Waals surface area contributed by atoms with Gasteiger partial charge in [-0.15, -0.1) is 0 Å². The number of rotatable bonds is 4. The zero-order valence-electron chi connectivity index (χ0n) is 11.8. The van der Waals surface area contributed by atoms with E-state index in [9.17, 15) is 18.4 Å². The minimum atomic E-state index is -0.847. The number of halogens is 2. The highest BCUT2D eigenvalue weighted by Gasteiger charge is 2.10. The fraction of sp³-hybridized carbons (Fsp3) is 0.125. The van der Waals surface area contributed by atoms with Gasteiger partial charge in [0.2, 0.25) is 5.91 Å². The molecule has 0 fully saturated rings. The van der Waals surface area contributed by atoms with Crippen LogP contribution in [0.5, 0.6) is 0 Å². The van der Waals surface area contributed by atoms with Gasteiger partial charge in [0.15, 0.2) is 0 Å². The van der Waals surface area contributed by atoms with Crippen LogP contribution in [-0.2, 0) is 4.79 Å². The van der Waals surface area contributed by atoms with Crippen molar-refractivity contribution in [1.29, 1.82) is 0 Å². The van der Waals surface area contributed by atoms with E-state index in [1.165, 1.54) is 12.1 Å².